The molecule has 1 aromatic rings. The molecule has 0 unspecified atom stereocenters. The number of rotatable bonds is 7. The number of hydrogen-bond donors (Lipinski definition) is 1. The van der Waals surface area contributed by atoms with E-state index in [1.54, 1.807) is 23.1 Å². The maximum absolute atomic E-state index is 12.8. The topological polar surface area (TPSA) is 77.1 Å². The number of benzene rings is 1. The minimum absolute atomic E-state index is 0.0594. The molecule has 0 bridgehead atoms. The lowest BCUT2D eigenvalue weighted by molar-refractivity contribution is -0.137. The van der Waals surface area contributed by atoms with Crippen molar-refractivity contribution in [3.05, 3.63) is 23.8 Å². The van der Waals surface area contributed by atoms with Gasteiger partial charge < -0.3 is 24.4 Å². The van der Waals surface area contributed by atoms with Gasteiger partial charge in [0.15, 0.2) is 11.5 Å². The van der Waals surface area contributed by atoms with Gasteiger partial charge in [-0.3, -0.25) is 9.59 Å². The van der Waals surface area contributed by atoms with Crippen LogP contribution < -0.4 is 14.8 Å². The molecule has 7 nitrogen and oxygen atoms in total. The zero-order valence-electron chi connectivity index (χ0n) is 15.9. The molecule has 1 aromatic carbocycles. The van der Waals surface area contributed by atoms with Crippen molar-refractivity contribution in [3.63, 3.8) is 0 Å². The third-order valence-corrected chi connectivity index (χ3v) is 4.28. The second-order valence-electron chi connectivity index (χ2n) is 6.66. The zero-order valence-corrected chi connectivity index (χ0v) is 15.9. The average Bonchev–Trinajstić information content (AvgIpc) is 2.66. The molecule has 0 aromatic heterocycles. The summed E-state index contributed by atoms with van der Waals surface area (Å²) in [5, 5.41) is 2.88. The number of morpholine rings is 1. The second kappa shape index (κ2) is 9.43. The highest BCUT2D eigenvalue weighted by Crippen LogP contribution is 2.27. The summed E-state index contributed by atoms with van der Waals surface area (Å²) < 4.78 is 15.7. The fraction of sp³-hybridized carbons (Fsp3) is 0.579. The molecule has 1 atom stereocenters. The molecule has 1 aliphatic rings. The van der Waals surface area contributed by atoms with Crippen LogP contribution in [0.5, 0.6) is 11.5 Å². The van der Waals surface area contributed by atoms with Crippen LogP contribution in [0.4, 0.5) is 0 Å². The van der Waals surface area contributed by atoms with E-state index in [9.17, 15) is 9.59 Å². The van der Waals surface area contributed by atoms with E-state index in [4.69, 9.17) is 14.2 Å². The van der Waals surface area contributed by atoms with Gasteiger partial charge in [-0.1, -0.05) is 13.8 Å². The molecular weight excluding hydrogens is 336 g/mol. The van der Waals surface area contributed by atoms with Gasteiger partial charge in [0.05, 0.1) is 27.4 Å². The van der Waals surface area contributed by atoms with Crippen LogP contribution >= 0.6 is 0 Å². The summed E-state index contributed by atoms with van der Waals surface area (Å²) in [6, 6.07) is 4.38. The van der Waals surface area contributed by atoms with E-state index in [1.807, 2.05) is 13.8 Å². The first-order chi connectivity index (χ1) is 12.5. The van der Waals surface area contributed by atoms with Gasteiger partial charge in [0.25, 0.3) is 5.91 Å². The summed E-state index contributed by atoms with van der Waals surface area (Å²) in [7, 11) is 3.06. The molecule has 0 aliphatic carbocycles. The Kier molecular flexibility index (Phi) is 7.26. The molecule has 0 saturated carbocycles. The summed E-state index contributed by atoms with van der Waals surface area (Å²) in [5.74, 6) is 0.928. The van der Waals surface area contributed by atoms with Crippen LogP contribution in [0.3, 0.4) is 0 Å². The number of carbonyl (C=O) groups is 2. The lowest BCUT2D eigenvalue weighted by atomic mass is 10.0. The van der Waals surface area contributed by atoms with E-state index >= 15 is 0 Å². The molecule has 2 rings (SSSR count). The minimum atomic E-state index is -0.561. The first-order valence-electron chi connectivity index (χ1n) is 8.85. The maximum atomic E-state index is 12.8. The van der Waals surface area contributed by atoms with E-state index in [0.717, 1.165) is 0 Å². The number of ether oxygens (including phenoxy) is 3. The third kappa shape index (κ3) is 5.11. The quantitative estimate of drug-likeness (QED) is 0.797. The van der Waals surface area contributed by atoms with Gasteiger partial charge in [0.1, 0.15) is 6.04 Å². The fourth-order valence-electron chi connectivity index (χ4n) is 2.92. The molecule has 144 valence electrons. The van der Waals surface area contributed by atoms with Gasteiger partial charge in [-0.05, 0) is 30.5 Å². The molecular formula is C19H28N2O5. The Hall–Kier alpha value is -2.28. The molecule has 26 heavy (non-hydrogen) atoms. The predicted octanol–water partition coefficient (Wildman–Crippen LogP) is 1.71. The second-order valence-corrected chi connectivity index (χ2v) is 6.66. The average molecular weight is 364 g/mol. The largest absolute Gasteiger partial charge is 0.493 e. The molecule has 1 N–H and O–H groups in total. The Labute approximate surface area is 154 Å². The number of nitrogens with zero attached hydrogens (tertiary/aromatic N) is 1. The van der Waals surface area contributed by atoms with Crippen molar-refractivity contribution in [1.29, 1.82) is 0 Å². The van der Waals surface area contributed by atoms with Crippen LogP contribution in [0, 0.1) is 5.92 Å². The van der Waals surface area contributed by atoms with Crippen molar-refractivity contribution in [2.24, 2.45) is 5.92 Å². The molecule has 7 heteroatoms. The van der Waals surface area contributed by atoms with Gasteiger partial charge in [0, 0.05) is 18.7 Å². The Morgan fingerprint density at radius 3 is 2.38 bits per heavy atom. The summed E-state index contributed by atoms with van der Waals surface area (Å²) in [5.41, 5.74) is 0.422. The van der Waals surface area contributed by atoms with Crippen molar-refractivity contribution < 1.29 is 23.8 Å². The van der Waals surface area contributed by atoms with Crippen molar-refractivity contribution in [1.82, 2.24) is 10.2 Å². The van der Waals surface area contributed by atoms with Crippen LogP contribution in [-0.2, 0) is 9.53 Å². The summed E-state index contributed by atoms with van der Waals surface area (Å²) >= 11 is 0. The van der Waals surface area contributed by atoms with Crippen LogP contribution in [-0.4, -0.2) is 63.3 Å². The van der Waals surface area contributed by atoms with Gasteiger partial charge in [-0.15, -0.1) is 0 Å². The molecule has 0 spiro atoms. The number of methoxy groups -OCH3 is 2. The Morgan fingerprint density at radius 2 is 1.81 bits per heavy atom. The number of carbonyl (C=O) groups excluding carboxylic acids is 2. The van der Waals surface area contributed by atoms with E-state index in [-0.39, 0.29) is 17.7 Å². The van der Waals surface area contributed by atoms with E-state index in [2.05, 4.69) is 5.32 Å². The lowest BCUT2D eigenvalue weighted by Gasteiger charge is -2.31. The highest BCUT2D eigenvalue weighted by atomic mass is 16.5. The third-order valence-electron chi connectivity index (χ3n) is 4.28. The van der Waals surface area contributed by atoms with Gasteiger partial charge in [-0.25, -0.2) is 0 Å². The molecule has 1 fully saturated rings. The molecule has 0 radical (unpaired) electrons. The summed E-state index contributed by atoms with van der Waals surface area (Å²) in [4.78, 5) is 27.3. The highest BCUT2D eigenvalue weighted by molar-refractivity contribution is 5.98. The van der Waals surface area contributed by atoms with Gasteiger partial charge >= 0.3 is 0 Å². The van der Waals surface area contributed by atoms with Gasteiger partial charge in [-0.2, -0.15) is 0 Å². The SMILES string of the molecule is COc1ccc(C(=O)N[C@H](CC(C)C)C(=O)N2CCOCC2)cc1OC. The first-order valence-corrected chi connectivity index (χ1v) is 8.85. The lowest BCUT2D eigenvalue weighted by Crippen LogP contribution is -2.52. The van der Waals surface area contributed by atoms with Crippen molar-refractivity contribution >= 4 is 11.8 Å². The predicted molar refractivity (Wildman–Crippen MR) is 97.7 cm³/mol. The standard InChI is InChI=1S/C19H28N2O5/c1-13(2)11-15(19(23)21-7-9-26-10-8-21)20-18(22)14-5-6-16(24-3)17(12-14)25-4/h5-6,12-13,15H,7-11H2,1-4H3,(H,20,22)/t15-/m1/s1. The van der Waals surface area contributed by atoms with E-state index in [1.165, 1.54) is 14.2 Å². The highest BCUT2D eigenvalue weighted by Gasteiger charge is 2.28. The van der Waals surface area contributed by atoms with E-state index in [0.29, 0.717) is 49.8 Å². The minimum Gasteiger partial charge on any atom is -0.493 e. The molecule has 1 aliphatic heterocycles. The molecule has 1 heterocycles. The normalized spacial score (nSPS) is 15.5. The maximum Gasteiger partial charge on any atom is 0.252 e. The Balaban J connectivity index is 2.13. The smallest absolute Gasteiger partial charge is 0.252 e. The van der Waals surface area contributed by atoms with Crippen LogP contribution in [0.25, 0.3) is 0 Å². The first kappa shape index (κ1) is 20.0. The van der Waals surface area contributed by atoms with Crippen molar-refractivity contribution in [2.75, 3.05) is 40.5 Å². The van der Waals surface area contributed by atoms with Crippen LogP contribution in [0.1, 0.15) is 30.6 Å². The number of hydrogen-bond acceptors (Lipinski definition) is 5. The van der Waals surface area contributed by atoms with Crippen LogP contribution in [0.2, 0.25) is 0 Å². The van der Waals surface area contributed by atoms with Gasteiger partial charge in [0.2, 0.25) is 5.91 Å². The number of nitrogens with one attached hydrogen (secondary N) is 1. The monoisotopic (exact) mass is 364 g/mol. The fourth-order valence-corrected chi connectivity index (χ4v) is 2.92. The van der Waals surface area contributed by atoms with E-state index < -0.39 is 6.04 Å². The van der Waals surface area contributed by atoms with Crippen molar-refractivity contribution in [3.8, 4) is 11.5 Å². The Morgan fingerprint density at radius 1 is 1.15 bits per heavy atom. The zero-order chi connectivity index (χ0) is 19.1. The van der Waals surface area contributed by atoms with Crippen molar-refractivity contribution in [2.45, 2.75) is 26.3 Å². The Bertz CT molecular complexity index is 626. The summed E-state index contributed by atoms with van der Waals surface area (Å²) in [6.45, 7) is 6.23. The molecule has 2 amide bonds. The summed E-state index contributed by atoms with van der Waals surface area (Å²) in [6.07, 6.45) is 0.579. The number of amides is 2. The van der Waals surface area contributed by atoms with Crippen LogP contribution in [0.15, 0.2) is 18.2 Å². The molecule has 1 saturated heterocycles.